The molecule has 3 N–H and O–H groups in total. The first kappa shape index (κ1) is 18.4. The van der Waals surface area contributed by atoms with E-state index in [9.17, 15) is 4.79 Å². The van der Waals surface area contributed by atoms with Gasteiger partial charge in [-0.1, -0.05) is 0 Å². The van der Waals surface area contributed by atoms with E-state index in [1.807, 2.05) is 0 Å². The number of anilines is 2. The molecule has 1 heterocycles. The van der Waals surface area contributed by atoms with Crippen LogP contribution in [0.2, 0.25) is 0 Å². The number of carbonyl (C=O) groups excluding carboxylic acids is 1. The summed E-state index contributed by atoms with van der Waals surface area (Å²) < 4.78 is 17.6. The molecule has 0 spiro atoms. The fourth-order valence-electron chi connectivity index (χ4n) is 2.24. The van der Waals surface area contributed by atoms with E-state index in [1.54, 1.807) is 50.7 Å². The van der Waals surface area contributed by atoms with Crippen molar-refractivity contribution < 1.29 is 19.0 Å². The third kappa shape index (κ3) is 4.34. The summed E-state index contributed by atoms with van der Waals surface area (Å²) in [6, 6.07) is 5.23. The average Bonchev–Trinajstić information content (AvgIpc) is 2.84. The first-order valence-corrected chi connectivity index (χ1v) is 7.70. The summed E-state index contributed by atoms with van der Waals surface area (Å²) in [7, 11) is 4.77. The van der Waals surface area contributed by atoms with Crippen LogP contribution >= 0.6 is 0 Å². The number of ether oxygens (including phenoxy) is 3. The smallest absolute Gasteiger partial charge is 0.412 e. The molecular weight excluding hydrogens is 324 g/mol. The van der Waals surface area contributed by atoms with Crippen molar-refractivity contribution >= 4 is 17.6 Å². The van der Waals surface area contributed by atoms with Crippen LogP contribution in [0.25, 0.3) is 11.3 Å². The van der Waals surface area contributed by atoms with Crippen molar-refractivity contribution in [3.8, 4) is 22.8 Å². The van der Waals surface area contributed by atoms with E-state index in [0.717, 1.165) is 5.56 Å². The van der Waals surface area contributed by atoms with Gasteiger partial charge < -0.3 is 19.9 Å². The summed E-state index contributed by atoms with van der Waals surface area (Å²) in [5, 5.41) is 7.03. The third-order valence-corrected chi connectivity index (χ3v) is 3.33. The maximum Gasteiger partial charge on any atom is 0.412 e. The highest BCUT2D eigenvalue weighted by Gasteiger charge is 2.20. The molecule has 0 fully saturated rings. The van der Waals surface area contributed by atoms with Gasteiger partial charge in [0, 0.05) is 18.7 Å². The minimum atomic E-state index is -0.617. The van der Waals surface area contributed by atoms with Crippen LogP contribution in [0.3, 0.4) is 0 Å². The molecule has 1 amide bonds. The SMILES string of the molecule is COc1cc(-c2cc(N)n(C)n2)cc(NC(=O)OC(C)(C)C)c1OC. The largest absolute Gasteiger partial charge is 0.493 e. The lowest BCUT2D eigenvalue weighted by Crippen LogP contribution is -2.27. The zero-order chi connectivity index (χ0) is 18.8. The monoisotopic (exact) mass is 348 g/mol. The number of benzene rings is 1. The van der Waals surface area contributed by atoms with E-state index in [2.05, 4.69) is 10.4 Å². The molecule has 0 atom stereocenters. The predicted octanol–water partition coefficient (Wildman–Crippen LogP) is 3.03. The Morgan fingerprint density at radius 1 is 1.20 bits per heavy atom. The first-order chi connectivity index (χ1) is 11.6. The number of aryl methyl sites for hydroxylation is 1. The number of rotatable bonds is 4. The summed E-state index contributed by atoms with van der Waals surface area (Å²) >= 11 is 0. The van der Waals surface area contributed by atoms with Crippen molar-refractivity contribution in [1.82, 2.24) is 9.78 Å². The topological polar surface area (TPSA) is 101 Å². The van der Waals surface area contributed by atoms with Crippen LogP contribution in [0.5, 0.6) is 11.5 Å². The lowest BCUT2D eigenvalue weighted by atomic mass is 10.1. The Kier molecular flexibility index (Phi) is 5.10. The fourth-order valence-corrected chi connectivity index (χ4v) is 2.24. The van der Waals surface area contributed by atoms with Gasteiger partial charge >= 0.3 is 6.09 Å². The molecule has 136 valence electrons. The Balaban J connectivity index is 2.46. The molecule has 2 rings (SSSR count). The second kappa shape index (κ2) is 6.92. The highest BCUT2D eigenvalue weighted by molar-refractivity contribution is 5.90. The van der Waals surface area contributed by atoms with Crippen molar-refractivity contribution in [3.05, 3.63) is 18.2 Å². The number of nitrogens with zero attached hydrogens (tertiary/aromatic N) is 2. The number of amides is 1. The van der Waals surface area contributed by atoms with Gasteiger partial charge in [-0.25, -0.2) is 4.79 Å². The van der Waals surface area contributed by atoms with E-state index in [4.69, 9.17) is 19.9 Å². The Morgan fingerprint density at radius 3 is 2.36 bits per heavy atom. The highest BCUT2D eigenvalue weighted by Crippen LogP contribution is 2.40. The quantitative estimate of drug-likeness (QED) is 0.881. The van der Waals surface area contributed by atoms with E-state index in [1.165, 1.54) is 14.2 Å². The normalized spacial score (nSPS) is 11.1. The minimum Gasteiger partial charge on any atom is -0.493 e. The molecule has 25 heavy (non-hydrogen) atoms. The number of aromatic nitrogens is 2. The third-order valence-electron chi connectivity index (χ3n) is 3.33. The lowest BCUT2D eigenvalue weighted by Gasteiger charge is -2.21. The molecular formula is C17H24N4O4. The molecule has 0 radical (unpaired) electrons. The van der Waals surface area contributed by atoms with Crippen molar-refractivity contribution in [1.29, 1.82) is 0 Å². The van der Waals surface area contributed by atoms with Gasteiger partial charge in [-0.05, 0) is 32.9 Å². The van der Waals surface area contributed by atoms with Crippen LogP contribution in [0.4, 0.5) is 16.3 Å². The molecule has 0 saturated heterocycles. The molecule has 0 bridgehead atoms. The van der Waals surface area contributed by atoms with Gasteiger partial charge in [0.2, 0.25) is 0 Å². The van der Waals surface area contributed by atoms with Gasteiger partial charge in [-0.2, -0.15) is 5.10 Å². The molecule has 0 aliphatic rings. The Bertz CT molecular complexity index is 758. The van der Waals surface area contributed by atoms with Crippen LogP contribution in [0, 0.1) is 0 Å². The van der Waals surface area contributed by atoms with E-state index in [0.29, 0.717) is 28.7 Å². The van der Waals surface area contributed by atoms with E-state index < -0.39 is 11.7 Å². The number of carbonyl (C=O) groups is 1. The van der Waals surface area contributed by atoms with Crippen molar-refractivity contribution in [2.24, 2.45) is 7.05 Å². The lowest BCUT2D eigenvalue weighted by molar-refractivity contribution is 0.0635. The van der Waals surface area contributed by atoms with Crippen LogP contribution in [-0.4, -0.2) is 35.7 Å². The fraction of sp³-hybridized carbons (Fsp3) is 0.412. The predicted molar refractivity (Wildman–Crippen MR) is 96.0 cm³/mol. The number of hydrogen-bond donors (Lipinski definition) is 2. The average molecular weight is 348 g/mol. The second-order valence-electron chi connectivity index (χ2n) is 6.46. The summed E-state index contributed by atoms with van der Waals surface area (Å²) in [6.45, 7) is 5.37. The van der Waals surface area contributed by atoms with Crippen LogP contribution < -0.4 is 20.5 Å². The first-order valence-electron chi connectivity index (χ1n) is 7.70. The van der Waals surface area contributed by atoms with Gasteiger partial charge in [-0.15, -0.1) is 0 Å². The molecule has 0 aliphatic heterocycles. The number of nitrogens with one attached hydrogen (secondary N) is 1. The summed E-state index contributed by atoms with van der Waals surface area (Å²) in [4.78, 5) is 12.1. The number of nitrogens with two attached hydrogens (primary N) is 1. The van der Waals surface area contributed by atoms with Crippen LogP contribution in [0.15, 0.2) is 18.2 Å². The standard InChI is InChI=1S/C17H24N4O4/c1-17(2,3)25-16(22)19-12-7-10(8-13(23-5)15(12)24-6)11-9-14(18)21(4)20-11/h7-9H,18H2,1-6H3,(H,19,22). The zero-order valence-corrected chi connectivity index (χ0v) is 15.3. The molecule has 0 unspecified atom stereocenters. The summed E-state index contributed by atoms with van der Waals surface area (Å²) in [5.74, 6) is 1.36. The molecule has 0 saturated carbocycles. The second-order valence-corrected chi connectivity index (χ2v) is 6.46. The minimum absolute atomic E-state index is 0.390. The van der Waals surface area contributed by atoms with E-state index in [-0.39, 0.29) is 0 Å². The van der Waals surface area contributed by atoms with Crippen LogP contribution in [-0.2, 0) is 11.8 Å². The van der Waals surface area contributed by atoms with Gasteiger partial charge in [0.15, 0.2) is 11.5 Å². The molecule has 2 aromatic rings. The number of methoxy groups -OCH3 is 2. The zero-order valence-electron chi connectivity index (χ0n) is 15.3. The number of nitrogen functional groups attached to an aromatic ring is 1. The summed E-state index contributed by atoms with van der Waals surface area (Å²) in [6.07, 6.45) is -0.592. The maximum atomic E-state index is 12.1. The molecule has 8 heteroatoms. The van der Waals surface area contributed by atoms with Crippen molar-refractivity contribution in [3.63, 3.8) is 0 Å². The van der Waals surface area contributed by atoms with Crippen LogP contribution in [0.1, 0.15) is 20.8 Å². The van der Waals surface area contributed by atoms with Crippen molar-refractivity contribution in [2.75, 3.05) is 25.3 Å². The molecule has 1 aromatic heterocycles. The van der Waals surface area contributed by atoms with Crippen molar-refractivity contribution in [2.45, 2.75) is 26.4 Å². The molecule has 8 nitrogen and oxygen atoms in total. The molecule has 1 aromatic carbocycles. The van der Waals surface area contributed by atoms with Gasteiger partial charge in [-0.3, -0.25) is 10.00 Å². The Labute approximate surface area is 146 Å². The molecule has 0 aliphatic carbocycles. The van der Waals surface area contributed by atoms with Gasteiger partial charge in [0.05, 0.1) is 25.6 Å². The maximum absolute atomic E-state index is 12.1. The highest BCUT2D eigenvalue weighted by atomic mass is 16.6. The van der Waals surface area contributed by atoms with E-state index >= 15 is 0 Å². The Hall–Kier alpha value is -2.90. The Morgan fingerprint density at radius 2 is 1.88 bits per heavy atom. The number of hydrogen-bond acceptors (Lipinski definition) is 6. The summed E-state index contributed by atoms with van der Waals surface area (Å²) in [5.41, 5.74) is 7.01. The van der Waals surface area contributed by atoms with Gasteiger partial charge in [0.25, 0.3) is 0 Å². The van der Waals surface area contributed by atoms with Gasteiger partial charge in [0.1, 0.15) is 11.4 Å².